The molecule has 0 aliphatic carbocycles. The fourth-order valence-electron chi connectivity index (χ4n) is 8.50. The van der Waals surface area contributed by atoms with E-state index in [9.17, 15) is 14.4 Å². The van der Waals surface area contributed by atoms with Gasteiger partial charge < -0.3 is 14.2 Å². The maximum atomic E-state index is 12.9. The van der Waals surface area contributed by atoms with Gasteiger partial charge in [-0.15, -0.1) is 0 Å². The third-order valence-corrected chi connectivity index (χ3v) is 13.1. The molecule has 0 saturated carbocycles. The van der Waals surface area contributed by atoms with Gasteiger partial charge in [0, 0.05) is 19.3 Å². The van der Waals surface area contributed by atoms with Crippen molar-refractivity contribution in [3.63, 3.8) is 0 Å². The number of esters is 3. The van der Waals surface area contributed by atoms with Crippen molar-refractivity contribution in [2.75, 3.05) is 13.2 Å². The fraction of sp³-hybridized carbons (Fsp3) is 0.716. The second-order valence-electron chi connectivity index (χ2n) is 20.2. The molecule has 1 atom stereocenters. The van der Waals surface area contributed by atoms with Crippen molar-refractivity contribution in [1.82, 2.24) is 0 Å². The Morgan fingerprint density at radius 3 is 0.918 bits per heavy atom. The molecule has 0 aliphatic rings. The second-order valence-corrected chi connectivity index (χ2v) is 20.2. The maximum absolute atomic E-state index is 12.9. The highest BCUT2D eigenvalue weighted by Gasteiger charge is 2.19. The normalized spacial score (nSPS) is 12.8. The van der Waals surface area contributed by atoms with Crippen LogP contribution in [0.5, 0.6) is 0 Å². The quantitative estimate of drug-likeness (QED) is 0.0261. The Balaban J connectivity index is 4.49. The van der Waals surface area contributed by atoms with Crippen LogP contribution < -0.4 is 0 Å². The van der Waals surface area contributed by atoms with E-state index < -0.39 is 12.1 Å². The van der Waals surface area contributed by atoms with E-state index in [-0.39, 0.29) is 31.6 Å². The Morgan fingerprint density at radius 1 is 0.288 bits per heavy atom. The molecule has 0 rings (SSSR count). The van der Waals surface area contributed by atoms with E-state index >= 15 is 0 Å². The summed E-state index contributed by atoms with van der Waals surface area (Å²) in [5.74, 6) is -0.992. The number of carbonyl (C=O) groups excluding carboxylic acids is 3. The summed E-state index contributed by atoms with van der Waals surface area (Å²) >= 11 is 0. The van der Waals surface area contributed by atoms with Gasteiger partial charge in [-0.1, -0.05) is 279 Å². The number of unbranched alkanes of at least 4 members (excludes halogenated alkanes) is 28. The molecule has 0 spiro atoms. The average molecular weight is 1020 g/mol. The third kappa shape index (κ3) is 59.1. The molecular formula is C67H114O6. The number of rotatable bonds is 55. The molecule has 6 heteroatoms. The summed E-state index contributed by atoms with van der Waals surface area (Å²) in [5, 5.41) is 0. The van der Waals surface area contributed by atoms with Gasteiger partial charge in [-0.2, -0.15) is 0 Å². The minimum Gasteiger partial charge on any atom is -0.462 e. The first kappa shape index (κ1) is 69.3. The first-order chi connectivity index (χ1) is 36.0. The molecule has 0 aromatic heterocycles. The summed E-state index contributed by atoms with van der Waals surface area (Å²) in [5.41, 5.74) is 0. The topological polar surface area (TPSA) is 78.9 Å². The summed E-state index contributed by atoms with van der Waals surface area (Å²) in [7, 11) is 0. The predicted molar refractivity (Wildman–Crippen MR) is 316 cm³/mol. The number of hydrogen-bond donors (Lipinski definition) is 0. The number of allylic oxidation sites excluding steroid dienone is 16. The summed E-state index contributed by atoms with van der Waals surface area (Å²) in [6.07, 6.45) is 81.3. The van der Waals surface area contributed by atoms with Crippen molar-refractivity contribution in [1.29, 1.82) is 0 Å². The van der Waals surface area contributed by atoms with Crippen LogP contribution in [0.4, 0.5) is 0 Å². The summed E-state index contributed by atoms with van der Waals surface area (Å²) in [6, 6.07) is 0. The zero-order valence-corrected chi connectivity index (χ0v) is 47.9. The first-order valence-corrected chi connectivity index (χ1v) is 30.7. The predicted octanol–water partition coefficient (Wildman–Crippen LogP) is 20.9. The van der Waals surface area contributed by atoms with Crippen molar-refractivity contribution in [3.05, 3.63) is 97.2 Å². The van der Waals surface area contributed by atoms with Crippen molar-refractivity contribution >= 4 is 17.9 Å². The van der Waals surface area contributed by atoms with Crippen LogP contribution in [0, 0.1) is 0 Å². The molecule has 0 saturated heterocycles. The lowest BCUT2D eigenvalue weighted by Crippen LogP contribution is -2.30. The zero-order valence-electron chi connectivity index (χ0n) is 47.9. The maximum Gasteiger partial charge on any atom is 0.306 e. The average Bonchev–Trinajstić information content (AvgIpc) is 3.39. The van der Waals surface area contributed by atoms with E-state index in [2.05, 4.69) is 112 Å². The third-order valence-electron chi connectivity index (χ3n) is 13.1. The Morgan fingerprint density at radius 2 is 0.562 bits per heavy atom. The molecule has 0 aliphatic heterocycles. The molecule has 73 heavy (non-hydrogen) atoms. The summed E-state index contributed by atoms with van der Waals surface area (Å²) in [4.78, 5) is 38.2. The lowest BCUT2D eigenvalue weighted by atomic mass is 10.0. The van der Waals surface area contributed by atoms with Gasteiger partial charge in [-0.3, -0.25) is 14.4 Å². The molecule has 0 fully saturated rings. The van der Waals surface area contributed by atoms with Crippen LogP contribution in [0.2, 0.25) is 0 Å². The van der Waals surface area contributed by atoms with Crippen LogP contribution >= 0.6 is 0 Å². The molecule has 0 heterocycles. The number of hydrogen-bond acceptors (Lipinski definition) is 6. The van der Waals surface area contributed by atoms with Crippen LogP contribution in [0.3, 0.4) is 0 Å². The summed E-state index contributed by atoms with van der Waals surface area (Å²) < 4.78 is 16.8. The van der Waals surface area contributed by atoms with Gasteiger partial charge in [0.2, 0.25) is 0 Å². The molecule has 0 unspecified atom stereocenters. The Hall–Kier alpha value is -3.67. The lowest BCUT2D eigenvalue weighted by molar-refractivity contribution is -0.166. The minimum absolute atomic E-state index is 0.108. The largest absolute Gasteiger partial charge is 0.462 e. The second kappa shape index (κ2) is 60.9. The number of ether oxygens (including phenoxy) is 3. The van der Waals surface area contributed by atoms with Crippen LogP contribution in [-0.4, -0.2) is 37.2 Å². The van der Waals surface area contributed by atoms with Crippen molar-refractivity contribution in [2.24, 2.45) is 0 Å². The van der Waals surface area contributed by atoms with E-state index in [1.165, 1.54) is 154 Å². The molecule has 0 amide bonds. The molecule has 0 radical (unpaired) electrons. The molecule has 418 valence electrons. The molecular weight excluding hydrogens is 901 g/mol. The molecule has 0 aromatic rings. The monoisotopic (exact) mass is 1010 g/mol. The highest BCUT2D eigenvalue weighted by atomic mass is 16.6. The van der Waals surface area contributed by atoms with E-state index in [0.717, 1.165) is 89.9 Å². The Kier molecular flexibility index (Phi) is 57.8. The fourth-order valence-corrected chi connectivity index (χ4v) is 8.50. The zero-order chi connectivity index (χ0) is 52.9. The first-order valence-electron chi connectivity index (χ1n) is 30.7. The molecule has 0 bridgehead atoms. The van der Waals surface area contributed by atoms with E-state index in [1.807, 2.05) is 6.08 Å². The van der Waals surface area contributed by atoms with Gasteiger partial charge in [0.25, 0.3) is 0 Å². The van der Waals surface area contributed by atoms with E-state index in [1.54, 1.807) is 0 Å². The highest BCUT2D eigenvalue weighted by molar-refractivity contribution is 5.71. The van der Waals surface area contributed by atoms with Gasteiger partial charge in [0.1, 0.15) is 13.2 Å². The van der Waals surface area contributed by atoms with Crippen LogP contribution in [0.1, 0.15) is 290 Å². The van der Waals surface area contributed by atoms with Crippen molar-refractivity contribution < 1.29 is 28.6 Å². The van der Waals surface area contributed by atoms with Crippen LogP contribution in [0.25, 0.3) is 0 Å². The minimum atomic E-state index is -0.822. The molecule has 0 N–H and O–H groups in total. The van der Waals surface area contributed by atoms with Gasteiger partial charge >= 0.3 is 17.9 Å². The standard InChI is InChI=1S/C67H114O6/c1-4-7-10-13-16-19-22-25-28-31-33-36-39-42-45-48-51-54-57-60-66(69)72-63-64(62-71-65(68)59-56-53-50-47-44-41-38-35-30-27-24-21-18-15-12-9-6-3)73-67(70)61-58-55-52-49-46-43-40-37-34-32-29-26-23-20-17-14-11-8-5-2/h8,11,17-18,20-21,26-27,29-30,34,37,43,46,52,55,64H,4-7,9-10,12-16,19,22-25,28,31-33,35-36,38-42,44-45,47-51,53-54,56-63H2,1-3H3/b11-8-,20-17-,21-18-,29-26-,30-27-,37-34-,46-43-,55-52-/t64-/m1/s1. The van der Waals surface area contributed by atoms with Gasteiger partial charge in [-0.05, 0) is 89.9 Å². The van der Waals surface area contributed by atoms with E-state index in [4.69, 9.17) is 14.2 Å². The Bertz CT molecular complexity index is 1440. The molecule has 6 nitrogen and oxygen atoms in total. The summed E-state index contributed by atoms with van der Waals surface area (Å²) in [6.45, 7) is 6.46. The smallest absolute Gasteiger partial charge is 0.306 e. The van der Waals surface area contributed by atoms with Gasteiger partial charge in [0.15, 0.2) is 6.10 Å². The van der Waals surface area contributed by atoms with Gasteiger partial charge in [0.05, 0.1) is 0 Å². The van der Waals surface area contributed by atoms with Gasteiger partial charge in [-0.25, -0.2) is 0 Å². The number of carbonyl (C=O) groups is 3. The van der Waals surface area contributed by atoms with Crippen LogP contribution in [-0.2, 0) is 28.6 Å². The Labute approximate surface area is 451 Å². The van der Waals surface area contributed by atoms with Crippen molar-refractivity contribution in [2.45, 2.75) is 297 Å². The van der Waals surface area contributed by atoms with Crippen molar-refractivity contribution in [3.8, 4) is 0 Å². The highest BCUT2D eigenvalue weighted by Crippen LogP contribution is 2.16. The van der Waals surface area contributed by atoms with E-state index in [0.29, 0.717) is 19.3 Å². The SMILES string of the molecule is CC/C=C\C/C=C\C/C=C\C/C=C\C/C=C\C/C=C\CCC(=O)O[C@H](COC(=O)CCCCCCCCC/C=C\C/C=C\CCCCC)COC(=O)CCCCCCCCCCCCCCCCCCCCC. The van der Waals surface area contributed by atoms with Crippen LogP contribution in [0.15, 0.2) is 97.2 Å². The molecule has 0 aromatic carbocycles. The lowest BCUT2D eigenvalue weighted by Gasteiger charge is -2.18.